The predicted octanol–water partition coefficient (Wildman–Crippen LogP) is 3.74. The SMILES string of the molecule is Cc1nc(-c2ccc(=O)[nH]c2)c2c(n1)[C@@]1(c3ccccc3)CC(C#N)C(=O)[C@@H](C)[C@@H]1CC2. The molecule has 1 unspecified atom stereocenters. The van der Waals surface area contributed by atoms with Crippen LogP contribution in [0.3, 0.4) is 0 Å². The van der Waals surface area contributed by atoms with E-state index in [0.717, 1.165) is 40.9 Å². The Morgan fingerprint density at radius 1 is 1.12 bits per heavy atom. The van der Waals surface area contributed by atoms with Crippen molar-refractivity contribution in [1.82, 2.24) is 15.0 Å². The van der Waals surface area contributed by atoms with Crippen molar-refractivity contribution in [3.8, 4) is 17.3 Å². The highest BCUT2D eigenvalue weighted by Gasteiger charge is 2.56. The normalized spacial score (nSPS) is 26.7. The molecule has 1 fully saturated rings. The number of aromatic nitrogens is 3. The van der Waals surface area contributed by atoms with Gasteiger partial charge in [0.05, 0.1) is 17.5 Å². The molecule has 2 aliphatic rings. The number of aryl methyl sites for hydroxylation is 1. The first-order chi connectivity index (χ1) is 15.5. The Hall–Kier alpha value is -3.59. The van der Waals surface area contributed by atoms with Gasteiger partial charge in [-0.1, -0.05) is 37.3 Å². The third-order valence-electron chi connectivity index (χ3n) is 7.30. The number of carbonyl (C=O) groups is 1. The smallest absolute Gasteiger partial charge is 0.247 e. The maximum atomic E-state index is 13.0. The van der Waals surface area contributed by atoms with Crippen molar-refractivity contribution in [2.45, 2.75) is 38.5 Å². The monoisotopic (exact) mass is 424 g/mol. The number of aromatic amines is 1. The lowest BCUT2D eigenvalue weighted by molar-refractivity contribution is -0.131. The molecule has 0 radical (unpaired) electrons. The molecule has 2 heterocycles. The number of nitrogens with one attached hydrogen (secondary N) is 1. The first-order valence-electron chi connectivity index (χ1n) is 11.0. The van der Waals surface area contributed by atoms with Crippen molar-refractivity contribution in [2.75, 3.05) is 0 Å². The Morgan fingerprint density at radius 2 is 1.91 bits per heavy atom. The summed E-state index contributed by atoms with van der Waals surface area (Å²) in [5.74, 6) is -0.155. The van der Waals surface area contributed by atoms with E-state index in [2.05, 4.69) is 23.2 Å². The minimum Gasteiger partial charge on any atom is -0.328 e. The number of hydrogen-bond acceptors (Lipinski definition) is 5. The highest BCUT2D eigenvalue weighted by Crippen LogP contribution is 2.56. The van der Waals surface area contributed by atoms with Crippen molar-refractivity contribution >= 4 is 5.78 Å². The zero-order valence-electron chi connectivity index (χ0n) is 18.1. The molecule has 0 saturated heterocycles. The highest BCUT2D eigenvalue weighted by atomic mass is 16.1. The van der Waals surface area contributed by atoms with Gasteiger partial charge in [-0.05, 0) is 43.7 Å². The van der Waals surface area contributed by atoms with Crippen LogP contribution in [0.4, 0.5) is 0 Å². The number of H-pyrrole nitrogens is 1. The Bertz CT molecular complexity index is 1290. The van der Waals surface area contributed by atoms with Crippen molar-refractivity contribution in [3.05, 3.63) is 81.7 Å². The average molecular weight is 425 g/mol. The van der Waals surface area contributed by atoms with E-state index in [1.807, 2.05) is 32.0 Å². The van der Waals surface area contributed by atoms with Crippen LogP contribution in [0.15, 0.2) is 53.5 Å². The number of ketones is 1. The minimum atomic E-state index is -0.667. The van der Waals surface area contributed by atoms with Gasteiger partial charge >= 0.3 is 0 Å². The van der Waals surface area contributed by atoms with Gasteiger partial charge in [0.15, 0.2) is 5.78 Å². The van der Waals surface area contributed by atoms with Crippen LogP contribution in [-0.4, -0.2) is 20.7 Å². The van der Waals surface area contributed by atoms with E-state index in [-0.39, 0.29) is 23.2 Å². The summed E-state index contributed by atoms with van der Waals surface area (Å²) >= 11 is 0. The largest absolute Gasteiger partial charge is 0.328 e. The number of nitriles is 1. The lowest BCUT2D eigenvalue weighted by atomic mass is 9.51. The second-order valence-electron chi connectivity index (χ2n) is 8.95. The van der Waals surface area contributed by atoms with Gasteiger partial charge in [0.1, 0.15) is 11.7 Å². The lowest BCUT2D eigenvalue weighted by Gasteiger charge is -2.51. The Balaban J connectivity index is 1.82. The Labute approximate surface area is 186 Å². The number of hydrogen-bond donors (Lipinski definition) is 1. The standard InChI is InChI=1S/C26H24N4O2/c1-15-21-10-9-20-23(17-8-11-22(31)28-14-17)29-16(2)30-25(20)26(21,12-18(13-27)24(15)32)19-6-4-3-5-7-19/h3-8,11,14-15,18,21H,9-10,12H2,1-2H3,(H,28,31)/t15-,18?,21-,26+/m0/s1. The van der Waals surface area contributed by atoms with Crippen molar-refractivity contribution < 1.29 is 4.79 Å². The number of Topliss-reactive ketones (excluding diaryl/α,β-unsaturated/α-hetero) is 1. The van der Waals surface area contributed by atoms with Gasteiger partial charge in [0, 0.05) is 34.7 Å². The molecule has 5 rings (SSSR count). The number of benzene rings is 1. The molecule has 1 aromatic carbocycles. The zero-order valence-corrected chi connectivity index (χ0v) is 18.1. The maximum Gasteiger partial charge on any atom is 0.247 e. The van der Waals surface area contributed by atoms with Crippen LogP contribution in [0.2, 0.25) is 0 Å². The van der Waals surface area contributed by atoms with Crippen LogP contribution in [0.1, 0.15) is 42.4 Å². The molecule has 1 N–H and O–H groups in total. The van der Waals surface area contributed by atoms with E-state index in [9.17, 15) is 14.9 Å². The van der Waals surface area contributed by atoms with Gasteiger partial charge < -0.3 is 4.98 Å². The van der Waals surface area contributed by atoms with E-state index in [1.165, 1.54) is 6.07 Å². The van der Waals surface area contributed by atoms with Crippen molar-refractivity contribution in [1.29, 1.82) is 5.26 Å². The summed E-state index contributed by atoms with van der Waals surface area (Å²) in [7, 11) is 0. The third-order valence-corrected chi connectivity index (χ3v) is 7.30. The molecule has 0 spiro atoms. The second-order valence-corrected chi connectivity index (χ2v) is 8.95. The fourth-order valence-corrected chi connectivity index (χ4v) is 5.90. The molecule has 1 saturated carbocycles. The molecule has 0 amide bonds. The van der Waals surface area contributed by atoms with Crippen LogP contribution >= 0.6 is 0 Å². The second kappa shape index (κ2) is 7.52. The van der Waals surface area contributed by atoms with E-state index < -0.39 is 11.3 Å². The molecule has 0 aliphatic heterocycles. The summed E-state index contributed by atoms with van der Waals surface area (Å²) in [6, 6.07) is 15.8. The Kier molecular flexibility index (Phi) is 4.78. The van der Waals surface area contributed by atoms with Crippen LogP contribution in [0, 0.1) is 36.0 Å². The van der Waals surface area contributed by atoms with Gasteiger partial charge in [0.2, 0.25) is 5.56 Å². The van der Waals surface area contributed by atoms with Gasteiger partial charge in [0.25, 0.3) is 0 Å². The average Bonchev–Trinajstić information content (AvgIpc) is 2.81. The Morgan fingerprint density at radius 3 is 2.59 bits per heavy atom. The summed E-state index contributed by atoms with van der Waals surface area (Å²) in [6.07, 6.45) is 3.68. The van der Waals surface area contributed by atoms with E-state index in [1.54, 1.807) is 12.3 Å². The third kappa shape index (κ3) is 2.92. The van der Waals surface area contributed by atoms with E-state index >= 15 is 0 Å². The summed E-state index contributed by atoms with van der Waals surface area (Å²) in [5.41, 5.74) is 4.02. The quantitative estimate of drug-likeness (QED) is 0.676. The molecule has 2 aromatic heterocycles. The van der Waals surface area contributed by atoms with Crippen LogP contribution < -0.4 is 5.56 Å². The number of nitrogens with zero attached hydrogens (tertiary/aromatic N) is 3. The van der Waals surface area contributed by atoms with E-state index in [0.29, 0.717) is 12.2 Å². The van der Waals surface area contributed by atoms with Crippen molar-refractivity contribution in [2.24, 2.45) is 17.8 Å². The maximum absolute atomic E-state index is 13.0. The molecule has 3 aromatic rings. The molecular formula is C26H24N4O2. The molecule has 6 heteroatoms. The van der Waals surface area contributed by atoms with Gasteiger partial charge in [-0.25, -0.2) is 9.97 Å². The first-order valence-corrected chi connectivity index (χ1v) is 11.0. The van der Waals surface area contributed by atoms with Gasteiger partial charge in [-0.3, -0.25) is 9.59 Å². The topological polar surface area (TPSA) is 99.5 Å². The molecule has 4 atom stereocenters. The highest BCUT2D eigenvalue weighted by molar-refractivity contribution is 5.87. The number of rotatable bonds is 2. The fraction of sp³-hybridized carbons (Fsp3) is 0.346. The number of pyridine rings is 1. The molecule has 0 bridgehead atoms. The van der Waals surface area contributed by atoms with Gasteiger partial charge in [-0.15, -0.1) is 0 Å². The summed E-state index contributed by atoms with van der Waals surface area (Å²) in [4.78, 5) is 37.1. The van der Waals surface area contributed by atoms with Crippen LogP contribution in [0.5, 0.6) is 0 Å². The first kappa shape index (κ1) is 20.3. The van der Waals surface area contributed by atoms with Gasteiger partial charge in [-0.2, -0.15) is 5.26 Å². The number of carbonyl (C=O) groups excluding carboxylic acids is 1. The fourth-order valence-electron chi connectivity index (χ4n) is 5.90. The molecule has 160 valence electrons. The minimum absolute atomic E-state index is 0.0409. The molecule has 6 nitrogen and oxygen atoms in total. The van der Waals surface area contributed by atoms with Crippen LogP contribution in [-0.2, 0) is 16.6 Å². The summed E-state index contributed by atoms with van der Waals surface area (Å²) < 4.78 is 0. The molecule has 32 heavy (non-hydrogen) atoms. The predicted molar refractivity (Wildman–Crippen MR) is 120 cm³/mol. The summed E-state index contributed by atoms with van der Waals surface area (Å²) in [6.45, 7) is 3.84. The summed E-state index contributed by atoms with van der Waals surface area (Å²) in [5, 5.41) is 9.85. The lowest BCUT2D eigenvalue weighted by Crippen LogP contribution is -2.53. The van der Waals surface area contributed by atoms with Crippen LogP contribution in [0.25, 0.3) is 11.3 Å². The van der Waals surface area contributed by atoms with E-state index in [4.69, 9.17) is 9.97 Å². The molecular weight excluding hydrogens is 400 g/mol. The molecule has 2 aliphatic carbocycles. The number of fused-ring (bicyclic) bond motifs is 3. The van der Waals surface area contributed by atoms with Crippen molar-refractivity contribution in [3.63, 3.8) is 0 Å². The zero-order chi connectivity index (χ0) is 22.5.